The van der Waals surface area contributed by atoms with Crippen LogP contribution in [-0.2, 0) is 9.59 Å². The van der Waals surface area contributed by atoms with E-state index in [-0.39, 0.29) is 13.2 Å². The van der Waals surface area contributed by atoms with Crippen LogP contribution in [-0.4, -0.2) is 85.2 Å². The summed E-state index contributed by atoms with van der Waals surface area (Å²) in [5, 5.41) is 10.4. The Morgan fingerprint density at radius 2 is 1.88 bits per heavy atom. The second kappa shape index (κ2) is 6.53. The third kappa shape index (κ3) is 4.29. The molecule has 0 aromatic carbocycles. The topological polar surface area (TPSA) is 76.1 Å². The summed E-state index contributed by atoms with van der Waals surface area (Å²) in [5.41, 5.74) is 2.57. The SMILES string of the molecule is CN1CCN(NC(=O)C(=O)N(C)CCO)CC1. The van der Waals surface area contributed by atoms with Crippen LogP contribution < -0.4 is 5.43 Å². The van der Waals surface area contributed by atoms with E-state index in [0.29, 0.717) is 13.1 Å². The van der Waals surface area contributed by atoms with Gasteiger partial charge in [0.2, 0.25) is 0 Å². The molecule has 0 aromatic rings. The number of likely N-dealkylation sites (N-methyl/N-ethyl adjacent to an activating group) is 2. The number of aliphatic hydroxyl groups is 1. The van der Waals surface area contributed by atoms with Crippen molar-refractivity contribution in [2.45, 2.75) is 0 Å². The molecule has 0 saturated carbocycles. The van der Waals surface area contributed by atoms with E-state index < -0.39 is 11.8 Å². The number of aliphatic hydroxyl groups excluding tert-OH is 1. The first-order valence-corrected chi connectivity index (χ1v) is 5.65. The lowest BCUT2D eigenvalue weighted by atomic mass is 10.4. The van der Waals surface area contributed by atoms with E-state index in [0.717, 1.165) is 13.1 Å². The Morgan fingerprint density at radius 3 is 2.41 bits per heavy atom. The summed E-state index contributed by atoms with van der Waals surface area (Å²) in [7, 11) is 3.50. The van der Waals surface area contributed by atoms with Crippen molar-refractivity contribution in [2.75, 3.05) is 53.4 Å². The molecule has 0 spiro atoms. The number of nitrogens with zero attached hydrogens (tertiary/aromatic N) is 3. The molecule has 2 N–H and O–H groups in total. The van der Waals surface area contributed by atoms with Crippen LogP contribution in [0, 0.1) is 0 Å². The average Bonchev–Trinajstić information content (AvgIpc) is 2.31. The maximum atomic E-state index is 11.6. The Hall–Kier alpha value is -1.18. The van der Waals surface area contributed by atoms with Gasteiger partial charge in [0.1, 0.15) is 0 Å². The Balaban J connectivity index is 2.35. The zero-order chi connectivity index (χ0) is 12.8. The minimum Gasteiger partial charge on any atom is -0.395 e. The van der Waals surface area contributed by atoms with Gasteiger partial charge in [-0.1, -0.05) is 0 Å². The van der Waals surface area contributed by atoms with E-state index in [1.54, 1.807) is 5.01 Å². The molecule has 2 amide bonds. The number of carbonyl (C=O) groups excluding carboxylic acids is 2. The maximum absolute atomic E-state index is 11.6. The van der Waals surface area contributed by atoms with Crippen LogP contribution >= 0.6 is 0 Å². The number of piperazine rings is 1. The van der Waals surface area contributed by atoms with Gasteiger partial charge in [-0.2, -0.15) is 0 Å². The summed E-state index contributed by atoms with van der Waals surface area (Å²) in [6.07, 6.45) is 0. The van der Waals surface area contributed by atoms with Gasteiger partial charge in [-0.3, -0.25) is 15.0 Å². The third-order valence-corrected chi connectivity index (χ3v) is 2.74. The van der Waals surface area contributed by atoms with Gasteiger partial charge < -0.3 is 14.9 Å². The molecule has 1 aliphatic rings. The van der Waals surface area contributed by atoms with E-state index >= 15 is 0 Å². The van der Waals surface area contributed by atoms with Crippen molar-refractivity contribution in [1.29, 1.82) is 0 Å². The molecule has 0 aliphatic carbocycles. The summed E-state index contributed by atoms with van der Waals surface area (Å²) < 4.78 is 0. The summed E-state index contributed by atoms with van der Waals surface area (Å²) in [4.78, 5) is 26.5. The lowest BCUT2D eigenvalue weighted by Crippen LogP contribution is -2.55. The van der Waals surface area contributed by atoms with Crippen LogP contribution in [0.1, 0.15) is 0 Å². The van der Waals surface area contributed by atoms with Crippen LogP contribution in [0.15, 0.2) is 0 Å². The number of hydrogen-bond acceptors (Lipinski definition) is 5. The molecule has 1 saturated heterocycles. The molecule has 7 nitrogen and oxygen atoms in total. The molecule has 7 heteroatoms. The largest absolute Gasteiger partial charge is 0.395 e. The van der Waals surface area contributed by atoms with Gasteiger partial charge in [-0.25, -0.2) is 5.01 Å². The molecule has 17 heavy (non-hydrogen) atoms. The van der Waals surface area contributed by atoms with Gasteiger partial charge in [-0.05, 0) is 7.05 Å². The van der Waals surface area contributed by atoms with Gasteiger partial charge in [0, 0.05) is 39.8 Å². The van der Waals surface area contributed by atoms with Crippen molar-refractivity contribution < 1.29 is 14.7 Å². The molecule has 1 rings (SSSR count). The summed E-state index contributed by atoms with van der Waals surface area (Å²) >= 11 is 0. The van der Waals surface area contributed by atoms with E-state index in [1.165, 1.54) is 11.9 Å². The minimum absolute atomic E-state index is 0.149. The van der Waals surface area contributed by atoms with E-state index in [2.05, 4.69) is 10.3 Å². The highest BCUT2D eigenvalue weighted by Gasteiger charge is 2.22. The highest BCUT2D eigenvalue weighted by atomic mass is 16.3. The smallest absolute Gasteiger partial charge is 0.323 e. The predicted octanol–water partition coefficient (Wildman–Crippen LogP) is -2.28. The first kappa shape index (κ1) is 13.9. The van der Waals surface area contributed by atoms with Gasteiger partial charge >= 0.3 is 11.8 Å². The monoisotopic (exact) mass is 244 g/mol. The van der Waals surface area contributed by atoms with Gasteiger partial charge in [0.05, 0.1) is 6.61 Å². The Labute approximate surface area is 101 Å². The fourth-order valence-corrected chi connectivity index (χ4v) is 1.53. The average molecular weight is 244 g/mol. The molecule has 0 atom stereocenters. The Morgan fingerprint density at radius 1 is 1.29 bits per heavy atom. The molecular weight excluding hydrogens is 224 g/mol. The summed E-state index contributed by atoms with van der Waals surface area (Å²) in [5.74, 6) is -1.27. The molecular formula is C10H20N4O3. The van der Waals surface area contributed by atoms with Crippen LogP contribution in [0.25, 0.3) is 0 Å². The normalized spacial score (nSPS) is 17.8. The fourth-order valence-electron chi connectivity index (χ4n) is 1.53. The standard InChI is InChI=1S/C10H20N4O3/c1-12-3-5-14(6-4-12)11-9(16)10(17)13(2)7-8-15/h15H,3-8H2,1-2H3,(H,11,16). The number of hydrazine groups is 1. The molecule has 0 aromatic heterocycles. The zero-order valence-corrected chi connectivity index (χ0v) is 10.3. The fraction of sp³-hybridized carbons (Fsp3) is 0.800. The van der Waals surface area contributed by atoms with Crippen molar-refractivity contribution >= 4 is 11.8 Å². The zero-order valence-electron chi connectivity index (χ0n) is 10.3. The van der Waals surface area contributed by atoms with Crippen molar-refractivity contribution in [2.24, 2.45) is 0 Å². The molecule has 0 radical (unpaired) electrons. The Bertz CT molecular complexity index is 277. The Kier molecular flexibility index (Phi) is 5.33. The first-order valence-electron chi connectivity index (χ1n) is 5.65. The highest BCUT2D eigenvalue weighted by Crippen LogP contribution is 1.95. The molecule has 1 fully saturated rings. The lowest BCUT2D eigenvalue weighted by molar-refractivity contribution is -0.148. The molecule has 0 bridgehead atoms. The summed E-state index contributed by atoms with van der Waals surface area (Å²) in [6, 6.07) is 0. The number of hydrogen-bond donors (Lipinski definition) is 2. The molecule has 98 valence electrons. The predicted molar refractivity (Wildman–Crippen MR) is 61.9 cm³/mol. The number of carbonyl (C=O) groups is 2. The van der Waals surface area contributed by atoms with Gasteiger partial charge in [0.25, 0.3) is 0 Å². The van der Waals surface area contributed by atoms with Crippen molar-refractivity contribution in [1.82, 2.24) is 20.2 Å². The van der Waals surface area contributed by atoms with Crippen molar-refractivity contribution in [3.8, 4) is 0 Å². The minimum atomic E-state index is -0.648. The number of rotatable bonds is 3. The molecule has 0 unspecified atom stereocenters. The summed E-state index contributed by atoms with van der Waals surface area (Å²) in [6.45, 7) is 3.15. The highest BCUT2D eigenvalue weighted by molar-refractivity contribution is 6.34. The van der Waals surface area contributed by atoms with E-state index in [4.69, 9.17) is 5.11 Å². The number of nitrogens with one attached hydrogen (secondary N) is 1. The maximum Gasteiger partial charge on any atom is 0.323 e. The number of amides is 2. The van der Waals surface area contributed by atoms with E-state index in [9.17, 15) is 9.59 Å². The van der Waals surface area contributed by atoms with Crippen LogP contribution in [0.2, 0.25) is 0 Å². The van der Waals surface area contributed by atoms with Gasteiger partial charge in [0.15, 0.2) is 0 Å². The quantitative estimate of drug-likeness (QED) is 0.547. The third-order valence-electron chi connectivity index (χ3n) is 2.74. The van der Waals surface area contributed by atoms with Crippen molar-refractivity contribution in [3.63, 3.8) is 0 Å². The second-order valence-corrected chi connectivity index (χ2v) is 4.18. The van der Waals surface area contributed by atoms with Crippen molar-refractivity contribution in [3.05, 3.63) is 0 Å². The second-order valence-electron chi connectivity index (χ2n) is 4.18. The molecule has 1 aliphatic heterocycles. The molecule has 1 heterocycles. The van der Waals surface area contributed by atoms with Crippen LogP contribution in [0.3, 0.4) is 0 Å². The first-order chi connectivity index (χ1) is 8.04. The van der Waals surface area contributed by atoms with Gasteiger partial charge in [-0.15, -0.1) is 0 Å². The lowest BCUT2D eigenvalue weighted by Gasteiger charge is -2.32. The van der Waals surface area contributed by atoms with Crippen LogP contribution in [0.5, 0.6) is 0 Å². The van der Waals surface area contributed by atoms with Crippen LogP contribution in [0.4, 0.5) is 0 Å². The van der Waals surface area contributed by atoms with E-state index in [1.807, 2.05) is 7.05 Å².